The number of methoxy groups -OCH3 is 1. The Hall–Kier alpha value is -3.06. The zero-order valence-electron chi connectivity index (χ0n) is 18.1. The number of aliphatic hydroxyl groups is 1. The molecule has 1 aliphatic rings. The van der Waals surface area contributed by atoms with Crippen molar-refractivity contribution in [2.75, 3.05) is 25.6 Å². The number of nitrogens with one attached hydrogen (secondary N) is 2. The van der Waals surface area contributed by atoms with Crippen LogP contribution in [0.5, 0.6) is 5.75 Å². The number of hydrogen-bond donors (Lipinski definition) is 3. The zero-order chi connectivity index (χ0) is 22.2. The summed E-state index contributed by atoms with van der Waals surface area (Å²) in [5, 5.41) is 15.0. The van der Waals surface area contributed by atoms with Crippen LogP contribution in [0.1, 0.15) is 30.9 Å². The number of anilines is 1. The fourth-order valence-corrected chi connectivity index (χ4v) is 3.90. The van der Waals surface area contributed by atoms with E-state index in [1.54, 1.807) is 19.2 Å². The minimum atomic E-state index is -0.294. The van der Waals surface area contributed by atoms with Gasteiger partial charge in [-0.2, -0.15) is 0 Å². The lowest BCUT2D eigenvalue weighted by Crippen LogP contribution is -2.41. The predicted octanol–water partition coefficient (Wildman–Crippen LogP) is 3.18. The largest absolute Gasteiger partial charge is 0.497 e. The molecule has 3 N–H and O–H groups in total. The summed E-state index contributed by atoms with van der Waals surface area (Å²) in [6.45, 7) is 3.24. The number of carbonyl (C=O) groups is 2. The molecule has 0 saturated carbocycles. The Morgan fingerprint density at radius 2 is 1.81 bits per heavy atom. The first-order valence-electron chi connectivity index (χ1n) is 10.7. The van der Waals surface area contributed by atoms with E-state index in [4.69, 9.17) is 4.74 Å². The quantitative estimate of drug-likeness (QED) is 0.606. The minimum Gasteiger partial charge on any atom is -0.497 e. The van der Waals surface area contributed by atoms with Crippen LogP contribution in [0.15, 0.2) is 48.5 Å². The number of urea groups is 1. The molecular formula is C24H31N3O4. The van der Waals surface area contributed by atoms with Crippen molar-refractivity contribution in [1.82, 2.24) is 10.2 Å². The Balaban J connectivity index is 1.48. The fraction of sp³-hybridized carbons (Fsp3) is 0.417. The molecule has 0 bridgehead atoms. The number of ether oxygens (including phenoxy) is 1. The van der Waals surface area contributed by atoms with E-state index in [-0.39, 0.29) is 30.5 Å². The van der Waals surface area contributed by atoms with Gasteiger partial charge in [-0.3, -0.25) is 4.79 Å². The molecule has 3 rings (SSSR count). The smallest absolute Gasteiger partial charge is 0.319 e. The van der Waals surface area contributed by atoms with Gasteiger partial charge in [-0.1, -0.05) is 31.2 Å². The lowest BCUT2D eigenvalue weighted by atomic mass is 10.00. The maximum Gasteiger partial charge on any atom is 0.319 e. The van der Waals surface area contributed by atoms with Crippen molar-refractivity contribution in [3.63, 3.8) is 0 Å². The predicted molar refractivity (Wildman–Crippen MR) is 120 cm³/mol. The average molecular weight is 426 g/mol. The van der Waals surface area contributed by atoms with Gasteiger partial charge in [0.05, 0.1) is 13.5 Å². The van der Waals surface area contributed by atoms with Crippen LogP contribution in [0.4, 0.5) is 10.5 Å². The van der Waals surface area contributed by atoms with Crippen LogP contribution >= 0.6 is 0 Å². The fourth-order valence-electron chi connectivity index (χ4n) is 3.90. The number of benzene rings is 2. The molecule has 7 nitrogen and oxygen atoms in total. The van der Waals surface area contributed by atoms with Crippen molar-refractivity contribution >= 4 is 17.6 Å². The molecule has 1 heterocycles. The summed E-state index contributed by atoms with van der Waals surface area (Å²) < 4.78 is 5.12. The van der Waals surface area contributed by atoms with Gasteiger partial charge in [0.25, 0.3) is 0 Å². The maximum absolute atomic E-state index is 12.7. The van der Waals surface area contributed by atoms with Crippen LogP contribution in [0.3, 0.4) is 0 Å². The van der Waals surface area contributed by atoms with Crippen molar-refractivity contribution in [2.45, 2.75) is 38.8 Å². The molecular weight excluding hydrogens is 394 g/mol. The van der Waals surface area contributed by atoms with E-state index < -0.39 is 0 Å². The standard InChI is InChI=1S/C24H31N3O4/c1-17(16-28)22-4-3-13-27(22)23(29)14-18-5-9-20(10-6-18)26-24(30)25-15-19-7-11-21(31-2)12-8-19/h5-12,17,22,28H,3-4,13-16H2,1-2H3,(H2,25,26,30)/t17?,22-/m0/s1. The van der Waals surface area contributed by atoms with Gasteiger partial charge in [-0.05, 0) is 54.2 Å². The lowest BCUT2D eigenvalue weighted by Gasteiger charge is -2.28. The average Bonchev–Trinajstić information content (AvgIpc) is 3.29. The van der Waals surface area contributed by atoms with Crippen molar-refractivity contribution in [2.24, 2.45) is 5.92 Å². The van der Waals surface area contributed by atoms with E-state index in [9.17, 15) is 14.7 Å². The summed E-state index contributed by atoms with van der Waals surface area (Å²) in [7, 11) is 1.61. The van der Waals surface area contributed by atoms with Crippen LogP contribution in [0.2, 0.25) is 0 Å². The molecule has 1 fully saturated rings. The van der Waals surface area contributed by atoms with Gasteiger partial charge in [0.15, 0.2) is 0 Å². The molecule has 0 aliphatic carbocycles. The molecule has 31 heavy (non-hydrogen) atoms. The number of nitrogens with zero attached hydrogens (tertiary/aromatic N) is 1. The van der Waals surface area contributed by atoms with Gasteiger partial charge in [0.1, 0.15) is 5.75 Å². The number of likely N-dealkylation sites (tertiary alicyclic amines) is 1. The second-order valence-corrected chi connectivity index (χ2v) is 7.99. The first-order valence-corrected chi connectivity index (χ1v) is 10.7. The minimum absolute atomic E-state index is 0.0840. The summed E-state index contributed by atoms with van der Waals surface area (Å²) in [6.07, 6.45) is 2.25. The summed E-state index contributed by atoms with van der Waals surface area (Å²) in [5.41, 5.74) is 2.54. The third-order valence-corrected chi connectivity index (χ3v) is 5.74. The highest BCUT2D eigenvalue weighted by molar-refractivity contribution is 5.89. The van der Waals surface area contributed by atoms with Gasteiger partial charge in [0.2, 0.25) is 5.91 Å². The van der Waals surface area contributed by atoms with Crippen molar-refractivity contribution < 1.29 is 19.4 Å². The van der Waals surface area contributed by atoms with E-state index in [1.165, 1.54) is 0 Å². The van der Waals surface area contributed by atoms with Gasteiger partial charge in [-0.15, -0.1) is 0 Å². The molecule has 2 aromatic rings. The number of amides is 3. The van der Waals surface area contributed by atoms with E-state index in [0.29, 0.717) is 18.7 Å². The maximum atomic E-state index is 12.7. The molecule has 0 spiro atoms. The Morgan fingerprint density at radius 1 is 1.13 bits per heavy atom. The lowest BCUT2D eigenvalue weighted by molar-refractivity contribution is -0.132. The monoisotopic (exact) mass is 425 g/mol. The normalized spacial score (nSPS) is 16.6. The molecule has 2 atom stereocenters. The Labute approximate surface area is 183 Å². The first kappa shape index (κ1) is 22.6. The molecule has 1 unspecified atom stereocenters. The Morgan fingerprint density at radius 3 is 2.45 bits per heavy atom. The van der Waals surface area contributed by atoms with E-state index in [1.807, 2.05) is 48.2 Å². The van der Waals surface area contributed by atoms with E-state index in [2.05, 4.69) is 10.6 Å². The summed E-state index contributed by atoms with van der Waals surface area (Å²) in [5.74, 6) is 0.949. The van der Waals surface area contributed by atoms with Gasteiger partial charge in [-0.25, -0.2) is 4.79 Å². The molecule has 1 saturated heterocycles. The highest BCUT2D eigenvalue weighted by atomic mass is 16.5. The molecule has 0 aromatic heterocycles. The van der Waals surface area contributed by atoms with Crippen LogP contribution in [0, 0.1) is 5.92 Å². The number of aliphatic hydroxyl groups excluding tert-OH is 1. The molecule has 7 heteroatoms. The first-order chi connectivity index (χ1) is 15.0. The summed E-state index contributed by atoms with van der Waals surface area (Å²) in [6, 6.07) is 14.6. The molecule has 166 valence electrons. The second-order valence-electron chi connectivity index (χ2n) is 7.99. The van der Waals surface area contributed by atoms with Crippen LogP contribution in [0.25, 0.3) is 0 Å². The molecule has 3 amide bonds. The van der Waals surface area contributed by atoms with Crippen molar-refractivity contribution in [3.05, 3.63) is 59.7 Å². The number of rotatable bonds is 8. The summed E-state index contributed by atoms with van der Waals surface area (Å²) in [4.78, 5) is 26.8. The van der Waals surface area contributed by atoms with Gasteiger partial charge >= 0.3 is 6.03 Å². The van der Waals surface area contributed by atoms with Crippen LogP contribution in [-0.4, -0.2) is 48.2 Å². The van der Waals surface area contributed by atoms with Crippen LogP contribution in [-0.2, 0) is 17.8 Å². The third kappa shape index (κ3) is 6.21. The SMILES string of the molecule is COc1ccc(CNC(=O)Nc2ccc(CC(=O)N3CCC[C@H]3C(C)CO)cc2)cc1. The molecule has 2 aromatic carbocycles. The Bertz CT molecular complexity index is 867. The van der Waals surface area contributed by atoms with Gasteiger partial charge in [0, 0.05) is 31.4 Å². The Kier molecular flexibility index (Phi) is 7.89. The van der Waals surface area contributed by atoms with Gasteiger partial charge < -0.3 is 25.4 Å². The second kappa shape index (κ2) is 10.8. The van der Waals surface area contributed by atoms with Crippen molar-refractivity contribution in [3.8, 4) is 5.75 Å². The van der Waals surface area contributed by atoms with E-state index >= 15 is 0 Å². The molecule has 1 aliphatic heterocycles. The summed E-state index contributed by atoms with van der Waals surface area (Å²) >= 11 is 0. The topological polar surface area (TPSA) is 90.9 Å². The number of hydrogen-bond acceptors (Lipinski definition) is 4. The third-order valence-electron chi connectivity index (χ3n) is 5.74. The zero-order valence-corrected chi connectivity index (χ0v) is 18.1. The number of carbonyl (C=O) groups excluding carboxylic acids is 2. The van der Waals surface area contributed by atoms with Crippen LogP contribution < -0.4 is 15.4 Å². The highest BCUT2D eigenvalue weighted by Gasteiger charge is 2.32. The molecule has 0 radical (unpaired) electrons. The van der Waals surface area contributed by atoms with E-state index in [0.717, 1.165) is 36.3 Å². The highest BCUT2D eigenvalue weighted by Crippen LogP contribution is 2.25. The van der Waals surface area contributed by atoms with Crippen molar-refractivity contribution in [1.29, 1.82) is 0 Å².